The van der Waals surface area contributed by atoms with Crippen LogP contribution in [0.25, 0.3) is 0 Å². The molecule has 0 bridgehead atoms. The van der Waals surface area contributed by atoms with Gasteiger partial charge in [0.2, 0.25) is 0 Å². The number of carbonyl (C=O) groups is 2. The zero-order valence-corrected chi connectivity index (χ0v) is 11.8. The summed E-state index contributed by atoms with van der Waals surface area (Å²) in [5.41, 5.74) is 2.88. The molecule has 5 heteroatoms. The third-order valence-corrected chi connectivity index (χ3v) is 3.09. The van der Waals surface area contributed by atoms with E-state index in [1.165, 1.54) is 6.07 Å². The second kappa shape index (κ2) is 6.09. The number of benzene rings is 2. The lowest BCUT2D eigenvalue weighted by Gasteiger charge is -2.11. The molecule has 0 atom stereocenters. The quantitative estimate of drug-likeness (QED) is 0.805. The molecule has 108 valence electrons. The number of urea groups is 1. The first-order valence-electron chi connectivity index (χ1n) is 6.45. The minimum atomic E-state index is -1.02. The summed E-state index contributed by atoms with van der Waals surface area (Å²) < 4.78 is 0. The van der Waals surface area contributed by atoms with Gasteiger partial charge >= 0.3 is 12.0 Å². The largest absolute Gasteiger partial charge is 0.478 e. The van der Waals surface area contributed by atoms with E-state index in [4.69, 9.17) is 5.11 Å². The topological polar surface area (TPSA) is 78.4 Å². The minimum Gasteiger partial charge on any atom is -0.478 e. The highest BCUT2D eigenvalue weighted by molar-refractivity contribution is 6.01. The van der Waals surface area contributed by atoms with Crippen molar-refractivity contribution in [2.24, 2.45) is 0 Å². The SMILES string of the molecule is Cc1cccc(NC(=O)Nc2cccc(C(=O)O)c2C)c1. The Kier molecular flexibility index (Phi) is 4.23. The van der Waals surface area contributed by atoms with Crippen molar-refractivity contribution in [2.45, 2.75) is 13.8 Å². The predicted octanol–water partition coefficient (Wildman–Crippen LogP) is 3.65. The van der Waals surface area contributed by atoms with Crippen molar-refractivity contribution in [2.75, 3.05) is 10.6 Å². The van der Waals surface area contributed by atoms with Crippen molar-refractivity contribution in [3.8, 4) is 0 Å². The van der Waals surface area contributed by atoms with Crippen LogP contribution in [0.3, 0.4) is 0 Å². The Labute approximate surface area is 122 Å². The molecule has 2 aromatic rings. The summed E-state index contributed by atoms with van der Waals surface area (Å²) in [7, 11) is 0. The summed E-state index contributed by atoms with van der Waals surface area (Å²) in [6.45, 7) is 3.59. The highest BCUT2D eigenvalue weighted by atomic mass is 16.4. The summed E-state index contributed by atoms with van der Waals surface area (Å²) >= 11 is 0. The number of aromatic carboxylic acids is 1. The fourth-order valence-corrected chi connectivity index (χ4v) is 2.01. The Morgan fingerprint density at radius 1 is 1.00 bits per heavy atom. The lowest BCUT2D eigenvalue weighted by molar-refractivity contribution is 0.0696. The molecule has 0 spiro atoms. The first kappa shape index (κ1) is 14.6. The summed E-state index contributed by atoms with van der Waals surface area (Å²) in [4.78, 5) is 23.0. The highest BCUT2D eigenvalue weighted by Gasteiger charge is 2.11. The van der Waals surface area contributed by atoms with Crippen molar-refractivity contribution in [3.63, 3.8) is 0 Å². The first-order chi connectivity index (χ1) is 9.97. The Bertz CT molecular complexity index is 696. The molecular formula is C16H16N2O3. The van der Waals surface area contributed by atoms with Crippen molar-refractivity contribution in [1.29, 1.82) is 0 Å². The van der Waals surface area contributed by atoms with E-state index in [0.717, 1.165) is 5.56 Å². The van der Waals surface area contributed by atoms with Crippen LogP contribution < -0.4 is 10.6 Å². The molecule has 0 saturated carbocycles. The highest BCUT2D eigenvalue weighted by Crippen LogP contribution is 2.19. The maximum absolute atomic E-state index is 12.0. The molecule has 0 saturated heterocycles. The van der Waals surface area contributed by atoms with E-state index in [1.807, 2.05) is 25.1 Å². The average molecular weight is 284 g/mol. The average Bonchev–Trinajstić information content (AvgIpc) is 2.40. The van der Waals surface area contributed by atoms with E-state index in [2.05, 4.69) is 10.6 Å². The summed E-state index contributed by atoms with van der Waals surface area (Å²) in [6, 6.07) is 11.8. The third kappa shape index (κ3) is 3.60. The summed E-state index contributed by atoms with van der Waals surface area (Å²) in [6.07, 6.45) is 0. The van der Waals surface area contributed by atoms with Gasteiger partial charge in [-0.25, -0.2) is 9.59 Å². The summed E-state index contributed by atoms with van der Waals surface area (Å²) in [5.74, 6) is -1.02. The summed E-state index contributed by atoms with van der Waals surface area (Å²) in [5, 5.41) is 14.4. The van der Waals surface area contributed by atoms with E-state index < -0.39 is 12.0 Å². The lowest BCUT2D eigenvalue weighted by atomic mass is 10.1. The van der Waals surface area contributed by atoms with Gasteiger partial charge in [0.05, 0.1) is 5.56 Å². The van der Waals surface area contributed by atoms with Gasteiger partial charge in [-0.3, -0.25) is 0 Å². The molecule has 0 unspecified atom stereocenters. The van der Waals surface area contributed by atoms with Crippen LogP contribution in [0.2, 0.25) is 0 Å². The van der Waals surface area contributed by atoms with Gasteiger partial charge in [-0.15, -0.1) is 0 Å². The van der Waals surface area contributed by atoms with Crippen LogP contribution >= 0.6 is 0 Å². The Balaban J connectivity index is 2.13. The fraction of sp³-hybridized carbons (Fsp3) is 0.125. The van der Waals surface area contributed by atoms with Gasteiger partial charge in [-0.1, -0.05) is 18.2 Å². The number of carboxylic acid groups (broad SMARTS) is 1. The Morgan fingerprint density at radius 3 is 2.38 bits per heavy atom. The number of hydrogen-bond donors (Lipinski definition) is 3. The number of carbonyl (C=O) groups excluding carboxylic acids is 1. The molecule has 0 heterocycles. The number of nitrogens with one attached hydrogen (secondary N) is 2. The van der Waals surface area contributed by atoms with Crippen molar-refractivity contribution in [1.82, 2.24) is 0 Å². The van der Waals surface area contributed by atoms with Gasteiger partial charge in [-0.05, 0) is 49.2 Å². The van der Waals surface area contributed by atoms with Crippen LogP contribution in [0.5, 0.6) is 0 Å². The van der Waals surface area contributed by atoms with Gasteiger partial charge in [0.15, 0.2) is 0 Å². The van der Waals surface area contributed by atoms with E-state index in [-0.39, 0.29) is 5.56 Å². The number of anilines is 2. The number of amides is 2. The minimum absolute atomic E-state index is 0.170. The Hall–Kier alpha value is -2.82. The maximum Gasteiger partial charge on any atom is 0.336 e. The molecule has 0 aliphatic heterocycles. The van der Waals surface area contributed by atoms with Crippen molar-refractivity contribution >= 4 is 23.4 Å². The number of hydrogen-bond acceptors (Lipinski definition) is 2. The van der Waals surface area contributed by atoms with Crippen molar-refractivity contribution in [3.05, 3.63) is 59.2 Å². The second-order valence-electron chi connectivity index (χ2n) is 4.73. The predicted molar refractivity (Wildman–Crippen MR) is 82.0 cm³/mol. The fourth-order valence-electron chi connectivity index (χ4n) is 2.01. The maximum atomic E-state index is 12.0. The molecule has 2 rings (SSSR count). The van der Waals surface area contributed by atoms with Crippen LogP contribution in [0.1, 0.15) is 21.5 Å². The van der Waals surface area contributed by atoms with Crippen LogP contribution in [0, 0.1) is 13.8 Å². The van der Waals surface area contributed by atoms with Gasteiger partial charge in [0.25, 0.3) is 0 Å². The molecule has 0 radical (unpaired) electrons. The van der Waals surface area contributed by atoms with E-state index in [1.54, 1.807) is 25.1 Å². The molecule has 5 nitrogen and oxygen atoms in total. The van der Waals surface area contributed by atoms with Gasteiger partial charge in [0, 0.05) is 11.4 Å². The third-order valence-electron chi connectivity index (χ3n) is 3.09. The van der Waals surface area contributed by atoms with Gasteiger partial charge in [0.1, 0.15) is 0 Å². The van der Waals surface area contributed by atoms with Crippen molar-refractivity contribution < 1.29 is 14.7 Å². The standard InChI is InChI=1S/C16H16N2O3/c1-10-5-3-6-12(9-10)17-16(21)18-14-8-4-7-13(11(14)2)15(19)20/h3-9H,1-2H3,(H,19,20)(H2,17,18,21). The number of carboxylic acids is 1. The smallest absolute Gasteiger partial charge is 0.336 e. The van der Waals surface area contributed by atoms with Crippen LogP contribution in [-0.2, 0) is 0 Å². The molecular weight excluding hydrogens is 268 g/mol. The molecule has 0 fully saturated rings. The molecule has 2 aromatic carbocycles. The zero-order valence-electron chi connectivity index (χ0n) is 11.8. The first-order valence-corrected chi connectivity index (χ1v) is 6.45. The number of aryl methyl sites for hydroxylation is 1. The van der Waals surface area contributed by atoms with E-state index in [9.17, 15) is 9.59 Å². The molecule has 3 N–H and O–H groups in total. The van der Waals surface area contributed by atoms with Crippen LogP contribution in [-0.4, -0.2) is 17.1 Å². The Morgan fingerprint density at radius 2 is 1.71 bits per heavy atom. The number of rotatable bonds is 3. The zero-order chi connectivity index (χ0) is 15.4. The van der Waals surface area contributed by atoms with Gasteiger partial charge < -0.3 is 15.7 Å². The van der Waals surface area contributed by atoms with Crippen LogP contribution in [0.15, 0.2) is 42.5 Å². The van der Waals surface area contributed by atoms with Crippen LogP contribution in [0.4, 0.5) is 16.2 Å². The normalized spacial score (nSPS) is 10.0. The van der Waals surface area contributed by atoms with E-state index in [0.29, 0.717) is 16.9 Å². The molecule has 0 aliphatic carbocycles. The molecule has 2 amide bonds. The monoisotopic (exact) mass is 284 g/mol. The molecule has 0 aromatic heterocycles. The molecule has 21 heavy (non-hydrogen) atoms. The van der Waals surface area contributed by atoms with E-state index >= 15 is 0 Å². The molecule has 0 aliphatic rings. The second-order valence-corrected chi connectivity index (χ2v) is 4.73. The lowest BCUT2D eigenvalue weighted by Crippen LogP contribution is -2.20. The van der Waals surface area contributed by atoms with Gasteiger partial charge in [-0.2, -0.15) is 0 Å².